The molecule has 6 nitrogen and oxygen atoms in total. The third kappa shape index (κ3) is 6.15. The zero-order valence-electron chi connectivity index (χ0n) is 17.8. The van der Waals surface area contributed by atoms with Crippen molar-refractivity contribution in [2.75, 3.05) is 6.61 Å². The van der Waals surface area contributed by atoms with Crippen molar-refractivity contribution in [2.24, 2.45) is 0 Å². The van der Waals surface area contributed by atoms with E-state index in [4.69, 9.17) is 9.84 Å². The first-order valence-corrected chi connectivity index (χ1v) is 11.6. The number of hydrogen-bond acceptors (Lipinski definition) is 4. The van der Waals surface area contributed by atoms with Crippen LogP contribution in [-0.4, -0.2) is 26.1 Å². The van der Waals surface area contributed by atoms with E-state index in [1.807, 2.05) is 6.07 Å². The highest BCUT2D eigenvalue weighted by molar-refractivity contribution is 7.89. The lowest BCUT2D eigenvalue weighted by Gasteiger charge is -2.18. The van der Waals surface area contributed by atoms with E-state index >= 15 is 0 Å². The molecule has 0 heterocycles. The summed E-state index contributed by atoms with van der Waals surface area (Å²) in [4.78, 5) is 10.9. The van der Waals surface area contributed by atoms with Gasteiger partial charge in [0.15, 0.2) is 6.61 Å². The highest BCUT2D eigenvalue weighted by atomic mass is 32.2. The fourth-order valence-electron chi connectivity index (χ4n) is 3.12. The molecule has 0 bridgehead atoms. The zero-order chi connectivity index (χ0) is 24.1. The summed E-state index contributed by atoms with van der Waals surface area (Å²) in [6.07, 6.45) is -0.411. The average Bonchev–Trinajstić information content (AvgIpc) is 2.82. The molecule has 0 atom stereocenters. The van der Waals surface area contributed by atoms with Crippen LogP contribution >= 0.6 is 0 Å². The molecule has 0 saturated carbocycles. The molecule has 0 unspecified atom stereocenters. The number of carbonyl (C=O) groups is 1. The molecule has 33 heavy (non-hydrogen) atoms. The van der Waals surface area contributed by atoms with E-state index in [-0.39, 0.29) is 28.3 Å². The Morgan fingerprint density at radius 3 is 2.30 bits per heavy atom. The fourth-order valence-corrected chi connectivity index (χ4v) is 4.14. The van der Waals surface area contributed by atoms with Gasteiger partial charge in [0.05, 0.1) is 4.90 Å². The Hall–Kier alpha value is -3.30. The quantitative estimate of drug-likeness (QED) is 0.440. The second kappa shape index (κ2) is 10.1. The van der Waals surface area contributed by atoms with E-state index in [9.17, 15) is 22.0 Å². The molecule has 0 aliphatic rings. The van der Waals surface area contributed by atoms with Gasteiger partial charge in [0.25, 0.3) is 5.92 Å². The Morgan fingerprint density at radius 2 is 1.70 bits per heavy atom. The lowest BCUT2D eigenvalue weighted by molar-refractivity contribution is -0.139. The van der Waals surface area contributed by atoms with Crippen LogP contribution in [0.15, 0.2) is 77.7 Å². The molecule has 0 aliphatic carbocycles. The van der Waals surface area contributed by atoms with Crippen molar-refractivity contribution in [3.63, 3.8) is 0 Å². The standard InChI is InChI=1S/C24H23F2NO5S/c1-2-24(25,26)19-10-13-22(32-16-23(28)29)21(14-19)18-8-11-20(12-9-18)33(30,31)27-15-17-6-4-3-5-7-17/h3-14,27H,2,15-16H2,1H3,(H,28,29). The summed E-state index contributed by atoms with van der Waals surface area (Å²) in [5.41, 5.74) is 1.20. The van der Waals surface area contributed by atoms with Crippen molar-refractivity contribution in [1.29, 1.82) is 0 Å². The maximum Gasteiger partial charge on any atom is 0.341 e. The largest absolute Gasteiger partial charge is 0.481 e. The van der Waals surface area contributed by atoms with Crippen molar-refractivity contribution in [1.82, 2.24) is 4.72 Å². The number of ether oxygens (including phenoxy) is 1. The Balaban J connectivity index is 1.90. The molecular formula is C24H23F2NO5S. The van der Waals surface area contributed by atoms with Crippen molar-refractivity contribution in [2.45, 2.75) is 30.7 Å². The average molecular weight is 476 g/mol. The molecule has 3 rings (SSSR count). The summed E-state index contributed by atoms with van der Waals surface area (Å²) in [6.45, 7) is 0.829. The topological polar surface area (TPSA) is 92.7 Å². The van der Waals surface area contributed by atoms with E-state index in [0.717, 1.165) is 5.56 Å². The van der Waals surface area contributed by atoms with E-state index in [2.05, 4.69) is 4.72 Å². The maximum absolute atomic E-state index is 14.2. The van der Waals surface area contributed by atoms with Gasteiger partial charge in [-0.3, -0.25) is 0 Å². The first-order valence-electron chi connectivity index (χ1n) is 10.1. The first kappa shape index (κ1) is 24.3. The third-order valence-electron chi connectivity index (χ3n) is 4.98. The van der Waals surface area contributed by atoms with Crippen molar-refractivity contribution >= 4 is 16.0 Å². The predicted molar refractivity (Wildman–Crippen MR) is 120 cm³/mol. The van der Waals surface area contributed by atoms with Gasteiger partial charge >= 0.3 is 5.97 Å². The maximum atomic E-state index is 14.2. The Labute approximate surface area is 190 Å². The van der Waals surface area contributed by atoms with Crippen LogP contribution in [0.5, 0.6) is 5.75 Å². The van der Waals surface area contributed by atoms with Crippen LogP contribution in [0.3, 0.4) is 0 Å². The SMILES string of the molecule is CCC(F)(F)c1ccc(OCC(=O)O)c(-c2ccc(S(=O)(=O)NCc3ccccc3)cc2)c1. The zero-order valence-corrected chi connectivity index (χ0v) is 18.6. The third-order valence-corrected chi connectivity index (χ3v) is 6.40. The number of aliphatic carboxylic acids is 1. The van der Waals surface area contributed by atoms with E-state index in [1.165, 1.54) is 49.4 Å². The van der Waals surface area contributed by atoms with Gasteiger partial charge in [-0.15, -0.1) is 0 Å². The van der Waals surface area contributed by atoms with Gasteiger partial charge in [-0.05, 0) is 41.5 Å². The molecular weight excluding hydrogens is 452 g/mol. The number of halogens is 2. The van der Waals surface area contributed by atoms with Crippen LogP contribution in [-0.2, 0) is 27.3 Å². The number of nitrogens with one attached hydrogen (secondary N) is 1. The Kier molecular flexibility index (Phi) is 7.45. The van der Waals surface area contributed by atoms with Gasteiger partial charge in [0.2, 0.25) is 10.0 Å². The molecule has 0 radical (unpaired) electrons. The highest BCUT2D eigenvalue weighted by Gasteiger charge is 2.30. The molecule has 2 N–H and O–H groups in total. The minimum atomic E-state index is -3.80. The van der Waals surface area contributed by atoms with Gasteiger partial charge in [-0.2, -0.15) is 0 Å². The minimum Gasteiger partial charge on any atom is -0.481 e. The molecule has 0 aromatic heterocycles. The van der Waals surface area contributed by atoms with Gasteiger partial charge < -0.3 is 9.84 Å². The number of sulfonamides is 1. The van der Waals surface area contributed by atoms with Crippen LogP contribution in [0.1, 0.15) is 24.5 Å². The van der Waals surface area contributed by atoms with Crippen LogP contribution in [0, 0.1) is 0 Å². The van der Waals surface area contributed by atoms with Crippen LogP contribution in [0.4, 0.5) is 8.78 Å². The van der Waals surface area contributed by atoms with Gasteiger partial charge in [-0.25, -0.2) is 26.7 Å². The van der Waals surface area contributed by atoms with E-state index < -0.39 is 34.9 Å². The lowest BCUT2D eigenvalue weighted by atomic mass is 9.98. The normalized spacial score (nSPS) is 11.8. The molecule has 174 valence electrons. The fraction of sp³-hybridized carbons (Fsp3) is 0.208. The smallest absolute Gasteiger partial charge is 0.341 e. The molecule has 9 heteroatoms. The molecule has 0 amide bonds. The summed E-state index contributed by atoms with van der Waals surface area (Å²) in [6, 6.07) is 18.4. The van der Waals surface area contributed by atoms with Crippen molar-refractivity contribution in [3.05, 3.63) is 83.9 Å². The van der Waals surface area contributed by atoms with Gasteiger partial charge in [0, 0.05) is 24.1 Å². The van der Waals surface area contributed by atoms with Crippen LogP contribution < -0.4 is 9.46 Å². The van der Waals surface area contributed by atoms with Gasteiger partial charge in [-0.1, -0.05) is 49.4 Å². The molecule has 3 aromatic rings. The second-order valence-electron chi connectivity index (χ2n) is 7.29. The number of alkyl halides is 2. The van der Waals surface area contributed by atoms with Crippen LogP contribution in [0.2, 0.25) is 0 Å². The second-order valence-corrected chi connectivity index (χ2v) is 9.05. The summed E-state index contributed by atoms with van der Waals surface area (Å²) in [5.74, 6) is -4.19. The van der Waals surface area contributed by atoms with Crippen molar-refractivity contribution < 1.29 is 31.8 Å². The number of carboxylic acids is 1. The summed E-state index contributed by atoms with van der Waals surface area (Å²) < 4.78 is 61.5. The lowest BCUT2D eigenvalue weighted by Crippen LogP contribution is -2.23. The number of benzene rings is 3. The molecule has 3 aromatic carbocycles. The first-order chi connectivity index (χ1) is 15.6. The molecule has 0 spiro atoms. The molecule has 0 fully saturated rings. The number of rotatable bonds is 10. The minimum absolute atomic E-state index is 0.00484. The van der Waals surface area contributed by atoms with Crippen LogP contribution in [0.25, 0.3) is 11.1 Å². The summed E-state index contributed by atoms with van der Waals surface area (Å²) in [5, 5.41) is 8.90. The van der Waals surface area contributed by atoms with Crippen molar-refractivity contribution in [3.8, 4) is 16.9 Å². The predicted octanol–water partition coefficient (Wildman–Crippen LogP) is 4.80. The van der Waals surface area contributed by atoms with E-state index in [1.54, 1.807) is 24.3 Å². The Bertz CT molecular complexity index is 1210. The number of hydrogen-bond donors (Lipinski definition) is 2. The molecule has 0 aliphatic heterocycles. The Morgan fingerprint density at radius 1 is 1.03 bits per heavy atom. The molecule has 0 saturated heterocycles. The summed E-state index contributed by atoms with van der Waals surface area (Å²) in [7, 11) is -3.80. The monoisotopic (exact) mass is 475 g/mol. The number of carboxylic acid groups (broad SMARTS) is 1. The van der Waals surface area contributed by atoms with Gasteiger partial charge in [0.1, 0.15) is 5.75 Å². The summed E-state index contributed by atoms with van der Waals surface area (Å²) >= 11 is 0. The van der Waals surface area contributed by atoms with E-state index in [0.29, 0.717) is 5.56 Å². The highest BCUT2D eigenvalue weighted by Crippen LogP contribution is 2.38.